The van der Waals surface area contributed by atoms with E-state index in [-0.39, 0.29) is 5.91 Å². The van der Waals surface area contributed by atoms with Gasteiger partial charge in [0.1, 0.15) is 0 Å². The summed E-state index contributed by atoms with van der Waals surface area (Å²) in [5, 5.41) is 14.1. The molecule has 1 rings (SSSR count). The fraction of sp³-hybridized carbons (Fsp3) is 0.273. The maximum absolute atomic E-state index is 11.4. The van der Waals surface area contributed by atoms with E-state index < -0.39 is 0 Å². The second-order valence-corrected chi connectivity index (χ2v) is 3.25. The summed E-state index contributed by atoms with van der Waals surface area (Å²) >= 11 is 0. The van der Waals surface area contributed by atoms with E-state index in [9.17, 15) is 4.79 Å². The molecule has 0 saturated heterocycles. The van der Waals surface area contributed by atoms with Crippen LogP contribution in [0.15, 0.2) is 35.5 Å². The van der Waals surface area contributed by atoms with Gasteiger partial charge in [-0.2, -0.15) is 0 Å². The van der Waals surface area contributed by atoms with Gasteiger partial charge in [0.25, 0.3) is 0 Å². The predicted octanol–water partition coefficient (Wildman–Crippen LogP) is 2.26. The van der Waals surface area contributed by atoms with Crippen molar-refractivity contribution in [2.75, 3.05) is 5.32 Å². The second-order valence-electron chi connectivity index (χ2n) is 3.25. The quantitative estimate of drug-likeness (QED) is 0.451. The van der Waals surface area contributed by atoms with Gasteiger partial charge in [-0.15, -0.1) is 0 Å². The molecule has 0 aliphatic heterocycles. The van der Waals surface area contributed by atoms with Crippen molar-refractivity contribution >= 4 is 17.3 Å². The second kappa shape index (κ2) is 5.80. The van der Waals surface area contributed by atoms with Crippen molar-refractivity contribution in [2.45, 2.75) is 19.8 Å². The molecule has 2 N–H and O–H groups in total. The first-order valence-electron chi connectivity index (χ1n) is 4.75. The molecule has 1 aromatic carbocycles. The highest BCUT2D eigenvalue weighted by Crippen LogP contribution is 2.06. The monoisotopic (exact) mass is 206 g/mol. The largest absolute Gasteiger partial charge is 0.411 e. The number of hydrogen-bond acceptors (Lipinski definition) is 3. The Morgan fingerprint density at radius 1 is 1.33 bits per heavy atom. The lowest BCUT2D eigenvalue weighted by atomic mass is 10.2. The molecule has 0 aromatic heterocycles. The topological polar surface area (TPSA) is 61.7 Å². The normalized spacial score (nSPS) is 11.1. The van der Waals surface area contributed by atoms with Crippen molar-refractivity contribution < 1.29 is 10.0 Å². The Bertz CT molecular complexity index is 347. The smallest absolute Gasteiger partial charge is 0.224 e. The highest BCUT2D eigenvalue weighted by Gasteiger charge is 2.02. The SMILES string of the molecule is C/C(CCC(=O)Nc1ccccc1)=N\O. The lowest BCUT2D eigenvalue weighted by molar-refractivity contribution is -0.116. The summed E-state index contributed by atoms with van der Waals surface area (Å²) in [6.07, 6.45) is 0.792. The third kappa shape index (κ3) is 4.26. The molecular formula is C11H14N2O2. The molecule has 0 fully saturated rings. The molecule has 0 spiro atoms. The number of carbonyl (C=O) groups excluding carboxylic acids is 1. The standard InChI is InChI=1S/C11H14N2O2/c1-9(13-15)7-8-11(14)12-10-5-3-2-4-6-10/h2-6,15H,7-8H2,1H3,(H,12,14)/b13-9+. The zero-order chi connectivity index (χ0) is 11.1. The van der Waals surface area contributed by atoms with Gasteiger partial charge in [-0.25, -0.2) is 0 Å². The molecule has 4 nitrogen and oxygen atoms in total. The van der Waals surface area contributed by atoms with Crippen LogP contribution in [0.5, 0.6) is 0 Å². The summed E-state index contributed by atoms with van der Waals surface area (Å²) in [4.78, 5) is 11.4. The van der Waals surface area contributed by atoms with Gasteiger partial charge < -0.3 is 10.5 Å². The Hall–Kier alpha value is -1.84. The van der Waals surface area contributed by atoms with Gasteiger partial charge in [0, 0.05) is 12.1 Å². The van der Waals surface area contributed by atoms with E-state index in [2.05, 4.69) is 10.5 Å². The van der Waals surface area contributed by atoms with Crippen molar-refractivity contribution in [3.63, 3.8) is 0 Å². The summed E-state index contributed by atoms with van der Waals surface area (Å²) in [5.74, 6) is -0.0794. The lowest BCUT2D eigenvalue weighted by Gasteiger charge is -2.03. The maximum Gasteiger partial charge on any atom is 0.224 e. The average Bonchev–Trinajstić information content (AvgIpc) is 2.27. The number of hydrogen-bond donors (Lipinski definition) is 2. The first kappa shape index (κ1) is 11.2. The molecule has 0 bridgehead atoms. The van der Waals surface area contributed by atoms with Crippen molar-refractivity contribution in [3.05, 3.63) is 30.3 Å². The molecule has 0 aliphatic rings. The van der Waals surface area contributed by atoms with Crippen LogP contribution >= 0.6 is 0 Å². The first-order chi connectivity index (χ1) is 7.22. The summed E-state index contributed by atoms with van der Waals surface area (Å²) in [5.41, 5.74) is 1.33. The number of benzene rings is 1. The van der Waals surface area contributed by atoms with E-state index >= 15 is 0 Å². The van der Waals surface area contributed by atoms with Gasteiger partial charge in [-0.05, 0) is 25.5 Å². The zero-order valence-electron chi connectivity index (χ0n) is 8.60. The van der Waals surface area contributed by atoms with Crippen LogP contribution in [0, 0.1) is 0 Å². The van der Waals surface area contributed by atoms with Crippen LogP contribution in [0.3, 0.4) is 0 Å². The van der Waals surface area contributed by atoms with Crippen LogP contribution in [-0.4, -0.2) is 16.8 Å². The third-order valence-electron chi connectivity index (χ3n) is 1.94. The molecule has 0 atom stereocenters. The molecule has 0 radical (unpaired) electrons. The zero-order valence-corrected chi connectivity index (χ0v) is 8.60. The Kier molecular flexibility index (Phi) is 4.34. The number of amides is 1. The molecule has 1 aromatic rings. The first-order valence-corrected chi connectivity index (χ1v) is 4.75. The summed E-state index contributed by atoms with van der Waals surface area (Å²) < 4.78 is 0. The maximum atomic E-state index is 11.4. The molecular weight excluding hydrogens is 192 g/mol. The van der Waals surface area contributed by atoms with E-state index in [1.165, 1.54) is 0 Å². The van der Waals surface area contributed by atoms with Crippen LogP contribution in [0.25, 0.3) is 0 Å². The molecule has 0 unspecified atom stereocenters. The number of anilines is 1. The van der Waals surface area contributed by atoms with Gasteiger partial charge in [-0.3, -0.25) is 4.79 Å². The Balaban J connectivity index is 2.37. The molecule has 15 heavy (non-hydrogen) atoms. The highest BCUT2D eigenvalue weighted by atomic mass is 16.4. The molecule has 4 heteroatoms. The Morgan fingerprint density at radius 3 is 2.60 bits per heavy atom. The van der Waals surface area contributed by atoms with Crippen LogP contribution < -0.4 is 5.32 Å². The van der Waals surface area contributed by atoms with Gasteiger partial charge in [-0.1, -0.05) is 23.4 Å². The van der Waals surface area contributed by atoms with Crippen LogP contribution in [0.1, 0.15) is 19.8 Å². The summed E-state index contributed by atoms with van der Waals surface area (Å²) in [7, 11) is 0. The van der Waals surface area contributed by atoms with E-state index in [0.29, 0.717) is 18.6 Å². The minimum atomic E-state index is -0.0794. The van der Waals surface area contributed by atoms with Crippen LogP contribution in [0.4, 0.5) is 5.69 Å². The Labute approximate surface area is 88.6 Å². The van der Waals surface area contributed by atoms with E-state index in [4.69, 9.17) is 5.21 Å². The summed E-state index contributed by atoms with van der Waals surface area (Å²) in [6, 6.07) is 9.25. The molecule has 0 saturated carbocycles. The third-order valence-corrected chi connectivity index (χ3v) is 1.94. The average molecular weight is 206 g/mol. The molecule has 80 valence electrons. The van der Waals surface area contributed by atoms with Crippen molar-refractivity contribution in [2.24, 2.45) is 5.16 Å². The van der Waals surface area contributed by atoms with E-state index in [0.717, 1.165) is 5.69 Å². The predicted molar refractivity (Wildman–Crippen MR) is 59.2 cm³/mol. The van der Waals surface area contributed by atoms with E-state index in [1.807, 2.05) is 30.3 Å². The van der Waals surface area contributed by atoms with Gasteiger partial charge >= 0.3 is 0 Å². The van der Waals surface area contributed by atoms with Gasteiger partial charge in [0.15, 0.2) is 0 Å². The van der Waals surface area contributed by atoms with Gasteiger partial charge in [0.2, 0.25) is 5.91 Å². The summed E-state index contributed by atoms with van der Waals surface area (Å²) in [6.45, 7) is 1.68. The lowest BCUT2D eigenvalue weighted by Crippen LogP contribution is -2.12. The Morgan fingerprint density at radius 2 is 2.00 bits per heavy atom. The van der Waals surface area contributed by atoms with E-state index in [1.54, 1.807) is 6.92 Å². The minimum Gasteiger partial charge on any atom is -0.411 e. The number of oxime groups is 1. The fourth-order valence-corrected chi connectivity index (χ4v) is 1.09. The number of carbonyl (C=O) groups is 1. The number of nitrogens with one attached hydrogen (secondary N) is 1. The van der Waals surface area contributed by atoms with Gasteiger partial charge in [0.05, 0.1) is 5.71 Å². The molecule has 0 aliphatic carbocycles. The fourth-order valence-electron chi connectivity index (χ4n) is 1.09. The molecule has 0 heterocycles. The number of para-hydroxylation sites is 1. The van der Waals surface area contributed by atoms with Crippen molar-refractivity contribution in [1.29, 1.82) is 0 Å². The van der Waals surface area contributed by atoms with Crippen molar-refractivity contribution in [1.82, 2.24) is 0 Å². The molecule has 1 amide bonds. The number of nitrogens with zero attached hydrogens (tertiary/aromatic N) is 1. The van der Waals surface area contributed by atoms with Crippen LogP contribution in [-0.2, 0) is 4.79 Å². The van der Waals surface area contributed by atoms with Crippen LogP contribution in [0.2, 0.25) is 0 Å². The number of rotatable bonds is 4. The minimum absolute atomic E-state index is 0.0794. The highest BCUT2D eigenvalue weighted by molar-refractivity contribution is 5.94. The van der Waals surface area contributed by atoms with Crippen molar-refractivity contribution in [3.8, 4) is 0 Å².